The van der Waals surface area contributed by atoms with E-state index in [1.54, 1.807) is 0 Å². The first-order valence-corrected chi connectivity index (χ1v) is 6.39. The van der Waals surface area contributed by atoms with E-state index < -0.39 is 0 Å². The van der Waals surface area contributed by atoms with Crippen LogP contribution in [-0.4, -0.2) is 49.7 Å². The van der Waals surface area contributed by atoms with Gasteiger partial charge in [-0.1, -0.05) is 6.07 Å². The lowest BCUT2D eigenvalue weighted by Crippen LogP contribution is -2.30. The van der Waals surface area contributed by atoms with Crippen LogP contribution in [0.15, 0.2) is 18.2 Å². The van der Waals surface area contributed by atoms with E-state index in [0.29, 0.717) is 0 Å². The molecule has 1 N–H and O–H groups in total. The number of pyridine rings is 1. The maximum absolute atomic E-state index is 4.63. The van der Waals surface area contributed by atoms with E-state index >= 15 is 0 Å². The Morgan fingerprint density at radius 3 is 2.33 bits per heavy atom. The first-order valence-electron chi connectivity index (χ1n) is 6.39. The summed E-state index contributed by atoms with van der Waals surface area (Å²) < 4.78 is 0. The summed E-state index contributed by atoms with van der Waals surface area (Å²) >= 11 is 0. The Bertz CT molecular complexity index is 368. The average molecular weight is 250 g/mol. The SMILES string of the molecule is CN(C)CCN(C)c1cccc(NC(C)(C)C)n1. The molecule has 0 aliphatic carbocycles. The normalized spacial score (nSPS) is 11.7. The van der Waals surface area contributed by atoms with E-state index in [9.17, 15) is 0 Å². The van der Waals surface area contributed by atoms with Gasteiger partial charge in [-0.3, -0.25) is 0 Å². The molecule has 0 amide bonds. The fourth-order valence-electron chi connectivity index (χ4n) is 1.55. The van der Waals surface area contributed by atoms with Gasteiger partial charge in [0.25, 0.3) is 0 Å². The van der Waals surface area contributed by atoms with Crippen molar-refractivity contribution in [3.05, 3.63) is 18.2 Å². The van der Waals surface area contributed by atoms with Gasteiger partial charge in [0, 0.05) is 25.7 Å². The molecule has 0 radical (unpaired) electrons. The summed E-state index contributed by atoms with van der Waals surface area (Å²) in [5, 5.41) is 3.39. The van der Waals surface area contributed by atoms with Crippen LogP contribution in [0.3, 0.4) is 0 Å². The molecular formula is C14H26N4. The number of likely N-dealkylation sites (N-methyl/N-ethyl adjacent to an activating group) is 2. The molecule has 0 saturated carbocycles. The molecule has 0 unspecified atom stereocenters. The second-order valence-corrected chi connectivity index (χ2v) is 5.98. The number of nitrogens with zero attached hydrogens (tertiary/aromatic N) is 3. The monoisotopic (exact) mass is 250 g/mol. The Hall–Kier alpha value is -1.29. The lowest BCUT2D eigenvalue weighted by molar-refractivity contribution is 0.416. The summed E-state index contributed by atoms with van der Waals surface area (Å²) in [5.74, 6) is 1.93. The molecule has 0 bridgehead atoms. The average Bonchev–Trinajstić information content (AvgIpc) is 2.23. The van der Waals surface area contributed by atoms with Gasteiger partial charge in [0.1, 0.15) is 11.6 Å². The van der Waals surface area contributed by atoms with Gasteiger partial charge in [-0.15, -0.1) is 0 Å². The van der Waals surface area contributed by atoms with Crippen molar-refractivity contribution in [2.45, 2.75) is 26.3 Å². The molecule has 1 rings (SSSR count). The molecule has 1 aromatic rings. The third kappa shape index (κ3) is 5.36. The minimum Gasteiger partial charge on any atom is -0.365 e. The van der Waals surface area contributed by atoms with Crippen molar-refractivity contribution >= 4 is 11.6 Å². The van der Waals surface area contributed by atoms with E-state index in [-0.39, 0.29) is 5.54 Å². The van der Waals surface area contributed by atoms with Crippen molar-refractivity contribution in [2.75, 3.05) is 44.4 Å². The molecule has 0 atom stereocenters. The Balaban J connectivity index is 2.69. The molecular weight excluding hydrogens is 224 g/mol. The maximum atomic E-state index is 4.63. The van der Waals surface area contributed by atoms with Crippen molar-refractivity contribution in [3.8, 4) is 0 Å². The van der Waals surface area contributed by atoms with Crippen LogP contribution in [0.25, 0.3) is 0 Å². The highest BCUT2D eigenvalue weighted by molar-refractivity contribution is 5.47. The topological polar surface area (TPSA) is 31.4 Å². The number of rotatable bonds is 5. The quantitative estimate of drug-likeness (QED) is 0.869. The van der Waals surface area contributed by atoms with E-state index in [4.69, 9.17) is 0 Å². The Morgan fingerprint density at radius 2 is 1.78 bits per heavy atom. The lowest BCUT2D eigenvalue weighted by Gasteiger charge is -2.24. The van der Waals surface area contributed by atoms with Crippen LogP contribution >= 0.6 is 0 Å². The summed E-state index contributed by atoms with van der Waals surface area (Å²) in [5.41, 5.74) is 0.0355. The minimum atomic E-state index is 0.0355. The van der Waals surface area contributed by atoms with Crippen molar-refractivity contribution in [1.29, 1.82) is 0 Å². The van der Waals surface area contributed by atoms with E-state index in [0.717, 1.165) is 24.7 Å². The minimum absolute atomic E-state index is 0.0355. The fraction of sp³-hybridized carbons (Fsp3) is 0.643. The van der Waals surface area contributed by atoms with Gasteiger partial charge in [-0.25, -0.2) is 4.98 Å². The molecule has 18 heavy (non-hydrogen) atoms. The number of hydrogen-bond acceptors (Lipinski definition) is 4. The first-order chi connectivity index (χ1) is 8.28. The van der Waals surface area contributed by atoms with Gasteiger partial charge < -0.3 is 15.1 Å². The Kier molecular flexibility index (Phi) is 4.96. The second-order valence-electron chi connectivity index (χ2n) is 5.98. The molecule has 0 saturated heterocycles. The van der Waals surface area contributed by atoms with Crippen molar-refractivity contribution < 1.29 is 0 Å². The molecule has 4 nitrogen and oxygen atoms in total. The van der Waals surface area contributed by atoms with Crippen molar-refractivity contribution in [2.24, 2.45) is 0 Å². The predicted molar refractivity (Wildman–Crippen MR) is 79.4 cm³/mol. The third-order valence-corrected chi connectivity index (χ3v) is 2.51. The van der Waals surface area contributed by atoms with Crippen molar-refractivity contribution in [3.63, 3.8) is 0 Å². The Labute approximate surface area is 111 Å². The summed E-state index contributed by atoms with van der Waals surface area (Å²) in [6.45, 7) is 8.40. The first kappa shape index (κ1) is 14.8. The standard InChI is InChI=1S/C14H26N4/c1-14(2,3)16-12-8-7-9-13(15-12)18(6)11-10-17(4)5/h7-9H,10-11H2,1-6H3,(H,15,16). The van der Waals surface area contributed by atoms with Crippen LogP contribution in [0.4, 0.5) is 11.6 Å². The van der Waals surface area contributed by atoms with Crippen LogP contribution in [0.5, 0.6) is 0 Å². The van der Waals surface area contributed by atoms with Crippen LogP contribution in [0, 0.1) is 0 Å². The molecule has 1 aromatic heterocycles. The number of anilines is 2. The fourth-order valence-corrected chi connectivity index (χ4v) is 1.55. The molecule has 0 aromatic carbocycles. The lowest BCUT2D eigenvalue weighted by atomic mass is 10.1. The molecule has 102 valence electrons. The maximum Gasteiger partial charge on any atom is 0.130 e. The molecule has 1 heterocycles. The summed E-state index contributed by atoms with van der Waals surface area (Å²) in [6.07, 6.45) is 0. The number of hydrogen-bond donors (Lipinski definition) is 1. The van der Waals surface area contributed by atoms with Gasteiger partial charge >= 0.3 is 0 Å². The van der Waals surface area contributed by atoms with Gasteiger partial charge in [0.05, 0.1) is 0 Å². The zero-order valence-corrected chi connectivity index (χ0v) is 12.5. The highest BCUT2D eigenvalue weighted by Crippen LogP contribution is 2.16. The molecule has 4 heteroatoms. The van der Waals surface area contributed by atoms with E-state index in [1.807, 2.05) is 18.2 Å². The van der Waals surface area contributed by atoms with E-state index in [1.165, 1.54) is 0 Å². The highest BCUT2D eigenvalue weighted by Gasteiger charge is 2.11. The summed E-state index contributed by atoms with van der Waals surface area (Å²) in [4.78, 5) is 8.98. The zero-order valence-electron chi connectivity index (χ0n) is 12.5. The van der Waals surface area contributed by atoms with Gasteiger partial charge in [0.15, 0.2) is 0 Å². The third-order valence-electron chi connectivity index (χ3n) is 2.51. The van der Waals surface area contributed by atoms with E-state index in [2.05, 4.69) is 62.0 Å². The van der Waals surface area contributed by atoms with Crippen LogP contribution in [0.2, 0.25) is 0 Å². The second kappa shape index (κ2) is 6.05. The predicted octanol–water partition coefficient (Wildman–Crippen LogP) is 2.29. The summed E-state index contributed by atoms with van der Waals surface area (Å²) in [7, 11) is 6.24. The number of nitrogens with one attached hydrogen (secondary N) is 1. The van der Waals surface area contributed by atoms with Crippen LogP contribution in [0.1, 0.15) is 20.8 Å². The van der Waals surface area contributed by atoms with Gasteiger partial charge in [-0.2, -0.15) is 0 Å². The molecule has 0 spiro atoms. The zero-order chi connectivity index (χ0) is 13.8. The summed E-state index contributed by atoms with van der Waals surface area (Å²) in [6, 6.07) is 6.10. The largest absolute Gasteiger partial charge is 0.365 e. The van der Waals surface area contributed by atoms with Crippen molar-refractivity contribution in [1.82, 2.24) is 9.88 Å². The smallest absolute Gasteiger partial charge is 0.130 e. The Morgan fingerprint density at radius 1 is 1.11 bits per heavy atom. The highest BCUT2D eigenvalue weighted by atomic mass is 15.2. The van der Waals surface area contributed by atoms with Gasteiger partial charge in [0.2, 0.25) is 0 Å². The molecule has 0 aliphatic rings. The molecule has 0 aliphatic heterocycles. The number of aromatic nitrogens is 1. The van der Waals surface area contributed by atoms with Gasteiger partial charge in [-0.05, 0) is 47.0 Å². The molecule has 0 fully saturated rings. The van der Waals surface area contributed by atoms with Crippen LogP contribution in [-0.2, 0) is 0 Å². The van der Waals surface area contributed by atoms with Crippen LogP contribution < -0.4 is 10.2 Å².